The number of fused-ring (bicyclic) bond motifs is 1. The number of halogens is 3. The van der Waals surface area contributed by atoms with Gasteiger partial charge in [0.15, 0.2) is 0 Å². The van der Waals surface area contributed by atoms with Crippen LogP contribution in [0.3, 0.4) is 0 Å². The monoisotopic (exact) mass is 239 g/mol. The van der Waals surface area contributed by atoms with E-state index in [1.165, 1.54) is 12.1 Å². The first-order valence-electron chi connectivity index (χ1n) is 5.38. The summed E-state index contributed by atoms with van der Waals surface area (Å²) >= 11 is 0. The second kappa shape index (κ2) is 4.32. The predicted molar refractivity (Wildman–Crippen MR) is 63.8 cm³/mol. The molecule has 0 N–H and O–H groups in total. The van der Waals surface area contributed by atoms with E-state index in [1.54, 1.807) is 31.2 Å². The van der Waals surface area contributed by atoms with E-state index >= 15 is 0 Å². The Kier molecular flexibility index (Phi) is 3.00. The van der Waals surface area contributed by atoms with Crippen LogP contribution in [0.2, 0.25) is 0 Å². The van der Waals surface area contributed by atoms with E-state index in [2.05, 4.69) is 0 Å². The first-order chi connectivity index (χ1) is 8.04. The smallest absolute Gasteiger partial charge is 0.497 e. The maximum Gasteiger partial charge on any atom is 0.513 e. The molecule has 1 nitrogen and oxygen atoms in total. The van der Waals surface area contributed by atoms with Gasteiger partial charge in [0.1, 0.15) is 0 Å². The number of rotatable bonds is 3. The fourth-order valence-corrected chi connectivity index (χ4v) is 1.89. The second-order valence-electron chi connectivity index (χ2n) is 3.71. The van der Waals surface area contributed by atoms with Crippen molar-refractivity contribution in [1.82, 2.24) is 0 Å². The van der Waals surface area contributed by atoms with Crippen molar-refractivity contribution in [2.24, 2.45) is 0 Å². The Morgan fingerprint density at radius 1 is 1.06 bits per heavy atom. The summed E-state index contributed by atoms with van der Waals surface area (Å²) < 4.78 is 44.3. The maximum atomic E-state index is 13.1. The largest absolute Gasteiger partial charge is 0.513 e. The third-order valence-electron chi connectivity index (χ3n) is 2.56. The molecule has 0 saturated carbocycles. The van der Waals surface area contributed by atoms with Gasteiger partial charge in [-0.25, -0.2) is 0 Å². The topological polar surface area (TPSA) is 9.23 Å². The SMILES string of the molecule is CCOc1ccc2ccccc2c1[B-](F)(F)F. The van der Waals surface area contributed by atoms with Gasteiger partial charge in [0.05, 0.1) is 12.4 Å². The van der Waals surface area contributed by atoms with Crippen molar-refractivity contribution in [1.29, 1.82) is 0 Å². The van der Waals surface area contributed by atoms with Crippen LogP contribution in [0.25, 0.3) is 10.8 Å². The van der Waals surface area contributed by atoms with E-state index in [4.69, 9.17) is 4.74 Å². The first-order valence-corrected chi connectivity index (χ1v) is 5.38. The second-order valence-corrected chi connectivity index (χ2v) is 3.71. The number of hydrogen-bond donors (Lipinski definition) is 0. The summed E-state index contributed by atoms with van der Waals surface area (Å²) in [7, 11) is 0. The zero-order chi connectivity index (χ0) is 12.5. The Hall–Kier alpha value is -1.65. The molecule has 0 aliphatic rings. The molecule has 2 aromatic carbocycles. The summed E-state index contributed by atoms with van der Waals surface area (Å²) in [6.07, 6.45) is 0. The lowest BCUT2D eigenvalue weighted by molar-refractivity contribution is 0.341. The fraction of sp³-hybridized carbons (Fsp3) is 0.167. The fourth-order valence-electron chi connectivity index (χ4n) is 1.89. The van der Waals surface area contributed by atoms with Crippen molar-refractivity contribution in [3.05, 3.63) is 36.4 Å². The average molecular weight is 239 g/mol. The highest BCUT2D eigenvalue weighted by atomic mass is 19.4. The summed E-state index contributed by atoms with van der Waals surface area (Å²) in [6.45, 7) is -3.19. The van der Waals surface area contributed by atoms with Crippen LogP contribution >= 0.6 is 0 Å². The van der Waals surface area contributed by atoms with Gasteiger partial charge in [0, 0.05) is 0 Å². The minimum absolute atomic E-state index is 0.0845. The molecule has 0 spiro atoms. The van der Waals surface area contributed by atoms with Gasteiger partial charge in [-0.3, -0.25) is 0 Å². The molecular formula is C12H11BF3O-. The van der Waals surface area contributed by atoms with Crippen LogP contribution in [0.15, 0.2) is 36.4 Å². The summed E-state index contributed by atoms with van der Waals surface area (Å²) in [6, 6.07) is 9.49. The Morgan fingerprint density at radius 2 is 1.76 bits per heavy atom. The van der Waals surface area contributed by atoms with Crippen molar-refractivity contribution in [3.8, 4) is 5.75 Å². The quantitative estimate of drug-likeness (QED) is 0.746. The van der Waals surface area contributed by atoms with E-state index in [0.29, 0.717) is 5.39 Å². The van der Waals surface area contributed by atoms with Crippen molar-refractivity contribution in [2.45, 2.75) is 6.92 Å². The molecule has 0 fully saturated rings. The molecular weight excluding hydrogens is 228 g/mol. The molecule has 5 heteroatoms. The molecule has 0 radical (unpaired) electrons. The molecule has 0 saturated heterocycles. The van der Waals surface area contributed by atoms with Crippen molar-refractivity contribution in [3.63, 3.8) is 0 Å². The van der Waals surface area contributed by atoms with E-state index in [-0.39, 0.29) is 17.7 Å². The number of ether oxygens (including phenoxy) is 1. The minimum Gasteiger partial charge on any atom is -0.497 e. The molecule has 0 aromatic heterocycles. The van der Waals surface area contributed by atoms with Gasteiger partial charge in [-0.05, 0) is 23.8 Å². The van der Waals surface area contributed by atoms with Crippen LogP contribution in [-0.4, -0.2) is 13.6 Å². The summed E-state index contributed by atoms with van der Waals surface area (Å²) in [5, 5.41) is 0.774. The molecule has 0 unspecified atom stereocenters. The van der Waals surface area contributed by atoms with Crippen molar-refractivity contribution in [2.75, 3.05) is 6.61 Å². The number of benzene rings is 2. The van der Waals surface area contributed by atoms with Gasteiger partial charge in [-0.2, -0.15) is 0 Å². The van der Waals surface area contributed by atoms with Crippen LogP contribution in [0.1, 0.15) is 6.92 Å². The van der Waals surface area contributed by atoms with Gasteiger partial charge in [-0.15, -0.1) is 0 Å². The van der Waals surface area contributed by atoms with Crippen LogP contribution in [0.5, 0.6) is 5.75 Å². The molecule has 2 aromatic rings. The van der Waals surface area contributed by atoms with Gasteiger partial charge >= 0.3 is 6.98 Å². The molecule has 0 heterocycles. The zero-order valence-electron chi connectivity index (χ0n) is 9.29. The highest BCUT2D eigenvalue weighted by molar-refractivity contribution is 6.76. The van der Waals surface area contributed by atoms with Gasteiger partial charge in [-0.1, -0.05) is 35.8 Å². The molecule has 17 heavy (non-hydrogen) atoms. The Balaban J connectivity index is 2.75. The van der Waals surface area contributed by atoms with E-state index < -0.39 is 12.4 Å². The van der Waals surface area contributed by atoms with Crippen LogP contribution in [0.4, 0.5) is 12.9 Å². The number of hydrogen-bond acceptors (Lipinski definition) is 1. The lowest BCUT2D eigenvalue weighted by Gasteiger charge is -2.21. The minimum atomic E-state index is -5.08. The Morgan fingerprint density at radius 3 is 2.41 bits per heavy atom. The standard InChI is InChI=1S/C12H11BF3O/c1-2-17-11-8-7-9-5-3-4-6-10(9)12(11)13(14,15)16/h3-8H,2H2,1H3/q-1. The van der Waals surface area contributed by atoms with Crippen LogP contribution < -0.4 is 10.2 Å². The highest BCUT2D eigenvalue weighted by Gasteiger charge is 2.31. The van der Waals surface area contributed by atoms with Crippen LogP contribution in [0, 0.1) is 0 Å². The third-order valence-corrected chi connectivity index (χ3v) is 2.56. The molecule has 0 bridgehead atoms. The van der Waals surface area contributed by atoms with Gasteiger partial charge in [0.25, 0.3) is 0 Å². The van der Waals surface area contributed by atoms with Crippen LogP contribution in [-0.2, 0) is 0 Å². The summed E-state index contributed by atoms with van der Waals surface area (Å²) in [5.74, 6) is -0.0845. The van der Waals surface area contributed by atoms with E-state index in [9.17, 15) is 12.9 Å². The maximum absolute atomic E-state index is 13.1. The lowest BCUT2D eigenvalue weighted by atomic mass is 9.76. The summed E-state index contributed by atoms with van der Waals surface area (Å²) in [4.78, 5) is 0. The lowest BCUT2D eigenvalue weighted by Crippen LogP contribution is -2.36. The van der Waals surface area contributed by atoms with Gasteiger partial charge in [0.2, 0.25) is 0 Å². The van der Waals surface area contributed by atoms with Gasteiger partial charge < -0.3 is 17.7 Å². The molecule has 0 aliphatic carbocycles. The average Bonchev–Trinajstić information content (AvgIpc) is 2.27. The zero-order valence-corrected chi connectivity index (χ0v) is 9.29. The van der Waals surface area contributed by atoms with Crippen molar-refractivity contribution < 1.29 is 17.7 Å². The normalized spacial score (nSPS) is 11.8. The molecule has 0 atom stereocenters. The first kappa shape index (κ1) is 11.8. The summed E-state index contributed by atoms with van der Waals surface area (Å²) in [5.41, 5.74) is -0.634. The van der Waals surface area contributed by atoms with Crippen molar-refractivity contribution >= 4 is 23.2 Å². The predicted octanol–water partition coefficient (Wildman–Crippen LogP) is 3.29. The molecule has 90 valence electrons. The Bertz CT molecular complexity index is 537. The van der Waals surface area contributed by atoms with E-state index in [0.717, 1.165) is 0 Å². The molecule has 0 amide bonds. The highest BCUT2D eigenvalue weighted by Crippen LogP contribution is 2.25. The third kappa shape index (κ3) is 2.23. The Labute approximate surface area is 97.3 Å². The van der Waals surface area contributed by atoms with E-state index in [1.807, 2.05) is 0 Å². The molecule has 2 rings (SSSR count). The molecule has 0 aliphatic heterocycles.